The molecule has 2 heterocycles. The van der Waals surface area contributed by atoms with Gasteiger partial charge in [0.1, 0.15) is 11.4 Å². The molecule has 2 aromatic heterocycles. The summed E-state index contributed by atoms with van der Waals surface area (Å²) in [7, 11) is 1.60. The van der Waals surface area contributed by atoms with Crippen molar-refractivity contribution in [2.75, 3.05) is 12.9 Å². The zero-order valence-electron chi connectivity index (χ0n) is 13.8. The highest BCUT2D eigenvalue weighted by molar-refractivity contribution is 8.01. The second-order valence-corrected chi connectivity index (χ2v) is 7.15. The fraction of sp³-hybridized carbons (Fsp3) is 0.118. The van der Waals surface area contributed by atoms with E-state index in [0.29, 0.717) is 4.34 Å². The van der Waals surface area contributed by atoms with Crippen LogP contribution in [0.15, 0.2) is 58.1 Å². The van der Waals surface area contributed by atoms with Crippen LogP contribution in [0, 0.1) is 0 Å². The lowest BCUT2D eigenvalue weighted by Gasteiger charge is -2.00. The van der Waals surface area contributed by atoms with E-state index in [2.05, 4.69) is 25.7 Å². The lowest BCUT2D eigenvalue weighted by molar-refractivity contribution is -0.118. The molecule has 0 aliphatic heterocycles. The summed E-state index contributed by atoms with van der Waals surface area (Å²) in [5, 5.41) is 12.8. The number of methoxy groups -OCH3 is 1. The first-order valence-electron chi connectivity index (χ1n) is 7.58. The van der Waals surface area contributed by atoms with Gasteiger partial charge in [0.15, 0.2) is 9.35 Å². The molecule has 0 radical (unpaired) electrons. The van der Waals surface area contributed by atoms with Crippen LogP contribution in [0.25, 0.3) is 10.7 Å². The smallest absolute Gasteiger partial charge is 0.250 e. The third-order valence-electron chi connectivity index (χ3n) is 3.11. The van der Waals surface area contributed by atoms with E-state index in [1.165, 1.54) is 23.1 Å². The predicted octanol–water partition coefficient (Wildman–Crippen LogP) is 2.85. The van der Waals surface area contributed by atoms with Gasteiger partial charge >= 0.3 is 0 Å². The molecule has 1 N–H and O–H groups in total. The van der Waals surface area contributed by atoms with Crippen LogP contribution in [-0.4, -0.2) is 40.2 Å². The Morgan fingerprint density at radius 1 is 1.31 bits per heavy atom. The summed E-state index contributed by atoms with van der Waals surface area (Å²) in [6.07, 6.45) is 3.27. The van der Waals surface area contributed by atoms with Gasteiger partial charge in [-0.3, -0.25) is 9.78 Å². The number of hydrogen-bond acceptors (Lipinski definition) is 8. The number of ether oxygens (including phenoxy) is 1. The second kappa shape index (κ2) is 9.07. The van der Waals surface area contributed by atoms with Crippen LogP contribution in [0.5, 0.6) is 5.75 Å². The van der Waals surface area contributed by atoms with Crippen molar-refractivity contribution < 1.29 is 9.53 Å². The van der Waals surface area contributed by atoms with E-state index in [1.54, 1.807) is 19.5 Å². The quantitative estimate of drug-likeness (QED) is 0.382. The third kappa shape index (κ3) is 5.11. The van der Waals surface area contributed by atoms with Gasteiger partial charge in [0.25, 0.3) is 5.91 Å². The predicted molar refractivity (Wildman–Crippen MR) is 103 cm³/mol. The number of nitrogens with one attached hydrogen (secondary N) is 1. The summed E-state index contributed by atoms with van der Waals surface area (Å²) in [6.45, 7) is 0. The molecule has 0 aliphatic carbocycles. The number of thioether (sulfide) groups is 1. The number of carbonyl (C=O) groups excluding carboxylic acids is 1. The first-order valence-corrected chi connectivity index (χ1v) is 9.38. The maximum Gasteiger partial charge on any atom is 0.250 e. The Balaban J connectivity index is 1.48. The van der Waals surface area contributed by atoms with Crippen molar-refractivity contribution in [1.29, 1.82) is 0 Å². The summed E-state index contributed by atoms with van der Waals surface area (Å²) in [4.78, 5) is 16.1. The lowest BCUT2D eigenvalue weighted by atomic mass is 10.2. The molecule has 0 aliphatic rings. The Morgan fingerprint density at radius 3 is 3.04 bits per heavy atom. The van der Waals surface area contributed by atoms with E-state index in [1.807, 2.05) is 42.5 Å². The number of nitrogens with zero attached hydrogens (tertiary/aromatic N) is 4. The first kappa shape index (κ1) is 18.0. The van der Waals surface area contributed by atoms with E-state index in [9.17, 15) is 4.79 Å². The second-order valence-electron chi connectivity index (χ2n) is 4.95. The van der Waals surface area contributed by atoms with Crippen LogP contribution in [-0.2, 0) is 4.79 Å². The summed E-state index contributed by atoms with van der Waals surface area (Å²) >= 11 is 2.71. The highest BCUT2D eigenvalue weighted by Crippen LogP contribution is 2.27. The monoisotopic (exact) mass is 385 g/mol. The van der Waals surface area contributed by atoms with E-state index < -0.39 is 0 Å². The van der Waals surface area contributed by atoms with Crippen molar-refractivity contribution >= 4 is 35.2 Å². The Hall–Kier alpha value is -2.78. The zero-order valence-corrected chi connectivity index (χ0v) is 15.5. The summed E-state index contributed by atoms with van der Waals surface area (Å²) in [5.74, 6) is 0.714. The highest BCUT2D eigenvalue weighted by Gasteiger charge is 2.09. The average Bonchev–Trinajstić information content (AvgIpc) is 3.16. The third-order valence-corrected chi connectivity index (χ3v) is 5.19. The van der Waals surface area contributed by atoms with Gasteiger partial charge in [0.2, 0.25) is 0 Å². The Bertz CT molecular complexity index is 899. The standard InChI is InChI=1S/C17H15N5O2S2/c1-24-13-6-4-5-12(9-13)10-19-20-15(23)11-25-17-22-21-16(26-17)14-7-2-3-8-18-14/h2-10H,11H2,1H3,(H,20,23)/b19-10+. The number of amides is 1. The van der Waals surface area contributed by atoms with Crippen molar-refractivity contribution in [3.05, 3.63) is 54.2 Å². The molecule has 1 aromatic carbocycles. The molecule has 0 fully saturated rings. The molecule has 26 heavy (non-hydrogen) atoms. The molecule has 132 valence electrons. The number of hydrazone groups is 1. The summed E-state index contributed by atoms with van der Waals surface area (Å²) in [5.41, 5.74) is 4.09. The molecule has 7 nitrogen and oxygen atoms in total. The van der Waals surface area contributed by atoms with Crippen LogP contribution in [0.1, 0.15) is 5.56 Å². The number of aromatic nitrogens is 3. The average molecular weight is 385 g/mol. The molecule has 9 heteroatoms. The molecule has 0 unspecified atom stereocenters. The minimum Gasteiger partial charge on any atom is -0.497 e. The van der Waals surface area contributed by atoms with E-state index in [0.717, 1.165) is 22.0 Å². The van der Waals surface area contributed by atoms with Crippen LogP contribution in [0.3, 0.4) is 0 Å². The molecule has 1 amide bonds. The fourth-order valence-electron chi connectivity index (χ4n) is 1.92. The van der Waals surface area contributed by atoms with Gasteiger partial charge in [0, 0.05) is 6.20 Å². The number of rotatable bonds is 7. The Labute approximate surface area is 158 Å². The van der Waals surface area contributed by atoms with Crippen molar-refractivity contribution in [1.82, 2.24) is 20.6 Å². The minimum absolute atomic E-state index is 0.201. The van der Waals surface area contributed by atoms with E-state index >= 15 is 0 Å². The highest BCUT2D eigenvalue weighted by atomic mass is 32.2. The fourth-order valence-corrected chi connectivity index (χ4v) is 3.54. The van der Waals surface area contributed by atoms with Gasteiger partial charge < -0.3 is 4.74 Å². The van der Waals surface area contributed by atoms with Crippen LogP contribution >= 0.6 is 23.1 Å². The Kier molecular flexibility index (Phi) is 6.29. The molecule has 0 spiro atoms. The van der Waals surface area contributed by atoms with Gasteiger partial charge in [-0.05, 0) is 29.8 Å². The number of pyridine rings is 1. The maximum atomic E-state index is 11.9. The normalized spacial score (nSPS) is 10.8. The molecule has 3 rings (SSSR count). The largest absolute Gasteiger partial charge is 0.497 e. The molecule has 0 saturated carbocycles. The van der Waals surface area contributed by atoms with Crippen molar-refractivity contribution in [2.45, 2.75) is 4.34 Å². The Morgan fingerprint density at radius 2 is 2.23 bits per heavy atom. The van der Waals surface area contributed by atoms with Crippen LogP contribution in [0.4, 0.5) is 0 Å². The van der Waals surface area contributed by atoms with Crippen LogP contribution in [0.2, 0.25) is 0 Å². The van der Waals surface area contributed by atoms with Crippen LogP contribution < -0.4 is 10.2 Å². The number of benzene rings is 1. The molecule has 0 bridgehead atoms. The minimum atomic E-state index is -0.219. The van der Waals surface area contributed by atoms with Gasteiger partial charge in [0.05, 0.1) is 19.1 Å². The van der Waals surface area contributed by atoms with Gasteiger partial charge in [-0.15, -0.1) is 10.2 Å². The van der Waals surface area contributed by atoms with Gasteiger partial charge in [-0.2, -0.15) is 5.10 Å². The molecular weight excluding hydrogens is 370 g/mol. The maximum absolute atomic E-state index is 11.9. The van der Waals surface area contributed by atoms with E-state index in [-0.39, 0.29) is 11.7 Å². The number of carbonyl (C=O) groups is 1. The van der Waals surface area contributed by atoms with Gasteiger partial charge in [-0.1, -0.05) is 41.3 Å². The SMILES string of the molecule is COc1cccc(/C=N/NC(=O)CSc2nnc(-c3ccccn3)s2)c1. The molecule has 0 atom stereocenters. The lowest BCUT2D eigenvalue weighted by Crippen LogP contribution is -2.19. The summed E-state index contributed by atoms with van der Waals surface area (Å²) in [6, 6.07) is 13.0. The van der Waals surface area contributed by atoms with Crippen molar-refractivity contribution in [3.63, 3.8) is 0 Å². The topological polar surface area (TPSA) is 89.4 Å². The van der Waals surface area contributed by atoms with Gasteiger partial charge in [-0.25, -0.2) is 5.43 Å². The van der Waals surface area contributed by atoms with E-state index in [4.69, 9.17) is 4.74 Å². The molecule has 3 aromatic rings. The first-order chi connectivity index (χ1) is 12.7. The molecule has 0 saturated heterocycles. The van der Waals surface area contributed by atoms with Crippen molar-refractivity contribution in [3.8, 4) is 16.5 Å². The number of hydrogen-bond donors (Lipinski definition) is 1. The zero-order chi connectivity index (χ0) is 18.2. The van der Waals surface area contributed by atoms with Crippen molar-refractivity contribution in [2.24, 2.45) is 5.10 Å². The molecular formula is C17H15N5O2S2. The summed E-state index contributed by atoms with van der Waals surface area (Å²) < 4.78 is 5.84.